The van der Waals surface area contributed by atoms with Crippen LogP contribution in [0.1, 0.15) is 11.1 Å². The molecule has 0 aliphatic heterocycles. The predicted octanol–water partition coefficient (Wildman–Crippen LogP) is 9.93. The molecule has 0 saturated carbocycles. The summed E-state index contributed by atoms with van der Waals surface area (Å²) in [5.74, 6) is 0. The lowest BCUT2D eigenvalue weighted by Crippen LogP contribution is -2.04. The molecule has 168 valence electrons. The van der Waals surface area contributed by atoms with E-state index in [4.69, 9.17) is 0 Å². The average molecular weight is 460 g/mol. The zero-order chi connectivity index (χ0) is 23.9. The van der Waals surface area contributed by atoms with E-state index in [0.29, 0.717) is 5.39 Å². The standard InChI is InChI=1S/C32H19F3/c1-18-2-8-24-19(14-18)3-11-28-26(24)9-5-21-17-31-22(16-30(21)28)6-10-27-25-13-7-23(32(33,34)35)15-20(25)4-12-29(27)31/h2-17H,1H3. The minimum Gasteiger partial charge on any atom is -0.166 e. The first-order valence-corrected chi connectivity index (χ1v) is 11.6. The van der Waals surface area contributed by atoms with E-state index >= 15 is 0 Å². The summed E-state index contributed by atoms with van der Waals surface area (Å²) in [6.45, 7) is 2.11. The molecule has 0 aliphatic carbocycles. The van der Waals surface area contributed by atoms with Gasteiger partial charge in [0, 0.05) is 0 Å². The SMILES string of the molecule is Cc1ccc2c(ccc3c4cc5ccc6c7ccc(C(F)(F)F)cc7ccc6c5cc4ccc23)c1. The van der Waals surface area contributed by atoms with Gasteiger partial charge in [-0.1, -0.05) is 78.4 Å². The molecule has 3 heteroatoms. The molecular formula is C32H19F3. The maximum atomic E-state index is 13.2. The molecule has 0 fully saturated rings. The summed E-state index contributed by atoms with van der Waals surface area (Å²) in [6.07, 6.45) is -4.35. The van der Waals surface area contributed by atoms with Crippen LogP contribution in [-0.2, 0) is 6.18 Å². The summed E-state index contributed by atoms with van der Waals surface area (Å²) in [5, 5.41) is 13.0. The fraction of sp³-hybridized carbons (Fsp3) is 0.0625. The van der Waals surface area contributed by atoms with Crippen molar-refractivity contribution in [1.82, 2.24) is 0 Å². The Morgan fingerprint density at radius 3 is 1.31 bits per heavy atom. The van der Waals surface area contributed by atoms with E-state index < -0.39 is 11.7 Å². The zero-order valence-corrected chi connectivity index (χ0v) is 18.9. The van der Waals surface area contributed by atoms with Gasteiger partial charge in [-0.15, -0.1) is 0 Å². The van der Waals surface area contributed by atoms with Gasteiger partial charge in [-0.05, 0) is 95.8 Å². The third kappa shape index (κ3) is 3.01. The lowest BCUT2D eigenvalue weighted by atomic mass is 9.92. The van der Waals surface area contributed by atoms with E-state index in [1.807, 2.05) is 12.1 Å². The van der Waals surface area contributed by atoms with Crippen molar-refractivity contribution in [1.29, 1.82) is 0 Å². The van der Waals surface area contributed by atoms with Crippen molar-refractivity contribution in [2.45, 2.75) is 13.1 Å². The molecule has 0 heterocycles. The van der Waals surface area contributed by atoms with Crippen LogP contribution in [-0.4, -0.2) is 0 Å². The molecule has 7 aromatic carbocycles. The van der Waals surface area contributed by atoms with Crippen molar-refractivity contribution >= 4 is 64.6 Å². The normalized spacial score (nSPS) is 12.6. The summed E-state index contributed by atoms with van der Waals surface area (Å²) in [5.41, 5.74) is 0.628. The van der Waals surface area contributed by atoms with Crippen molar-refractivity contribution in [2.24, 2.45) is 0 Å². The highest BCUT2D eigenvalue weighted by Gasteiger charge is 2.30. The molecule has 0 N–H and O–H groups in total. The highest BCUT2D eigenvalue weighted by atomic mass is 19.4. The fourth-order valence-electron chi connectivity index (χ4n) is 5.55. The van der Waals surface area contributed by atoms with Gasteiger partial charge >= 0.3 is 6.18 Å². The molecule has 0 saturated heterocycles. The van der Waals surface area contributed by atoms with Gasteiger partial charge in [0.15, 0.2) is 0 Å². The molecule has 0 bridgehead atoms. The van der Waals surface area contributed by atoms with Crippen LogP contribution in [0.15, 0.2) is 97.1 Å². The van der Waals surface area contributed by atoms with E-state index in [9.17, 15) is 13.2 Å². The quantitative estimate of drug-likeness (QED) is 0.156. The maximum Gasteiger partial charge on any atom is 0.416 e. The zero-order valence-electron chi connectivity index (χ0n) is 18.9. The summed E-state index contributed by atoms with van der Waals surface area (Å²) in [4.78, 5) is 0. The topological polar surface area (TPSA) is 0 Å². The number of fused-ring (bicyclic) bond motifs is 10. The Hall–Kier alpha value is -4.11. The summed E-state index contributed by atoms with van der Waals surface area (Å²) < 4.78 is 39.6. The van der Waals surface area contributed by atoms with Crippen molar-refractivity contribution < 1.29 is 13.2 Å². The highest BCUT2D eigenvalue weighted by Crippen LogP contribution is 2.38. The van der Waals surface area contributed by atoms with Gasteiger partial charge in [-0.3, -0.25) is 0 Å². The van der Waals surface area contributed by atoms with Gasteiger partial charge in [0.1, 0.15) is 0 Å². The second-order valence-corrected chi connectivity index (χ2v) is 9.41. The van der Waals surface area contributed by atoms with Gasteiger partial charge in [0.25, 0.3) is 0 Å². The molecule has 0 radical (unpaired) electrons. The first-order chi connectivity index (χ1) is 16.9. The first kappa shape index (κ1) is 20.3. The molecule has 0 spiro atoms. The third-order valence-corrected chi connectivity index (χ3v) is 7.27. The number of halogens is 3. The van der Waals surface area contributed by atoms with Gasteiger partial charge in [-0.25, -0.2) is 0 Å². The Morgan fingerprint density at radius 2 is 0.800 bits per heavy atom. The molecular weight excluding hydrogens is 441 g/mol. The van der Waals surface area contributed by atoms with Crippen LogP contribution in [0.25, 0.3) is 64.6 Å². The highest BCUT2D eigenvalue weighted by molar-refractivity contribution is 6.23. The van der Waals surface area contributed by atoms with E-state index in [-0.39, 0.29) is 0 Å². The summed E-state index contributed by atoms with van der Waals surface area (Å²) in [6, 6.07) is 31.6. The van der Waals surface area contributed by atoms with Crippen LogP contribution in [0.4, 0.5) is 13.2 Å². The van der Waals surface area contributed by atoms with Crippen LogP contribution >= 0.6 is 0 Å². The second kappa shape index (κ2) is 6.96. The molecule has 0 atom stereocenters. The summed E-state index contributed by atoms with van der Waals surface area (Å²) >= 11 is 0. The predicted molar refractivity (Wildman–Crippen MR) is 141 cm³/mol. The first-order valence-electron chi connectivity index (χ1n) is 11.6. The monoisotopic (exact) mass is 460 g/mol. The van der Waals surface area contributed by atoms with Gasteiger partial charge < -0.3 is 0 Å². The molecule has 7 aromatic rings. The van der Waals surface area contributed by atoms with E-state index in [2.05, 4.69) is 67.6 Å². The third-order valence-electron chi connectivity index (χ3n) is 7.27. The number of alkyl halides is 3. The van der Waals surface area contributed by atoms with Crippen LogP contribution in [0.2, 0.25) is 0 Å². The van der Waals surface area contributed by atoms with E-state index in [1.165, 1.54) is 44.6 Å². The Bertz CT molecular complexity index is 2000. The number of hydrogen-bond acceptors (Lipinski definition) is 0. The second-order valence-electron chi connectivity index (χ2n) is 9.41. The number of hydrogen-bond donors (Lipinski definition) is 0. The fourth-order valence-corrected chi connectivity index (χ4v) is 5.55. The maximum absolute atomic E-state index is 13.2. The van der Waals surface area contributed by atoms with Gasteiger partial charge in [0.05, 0.1) is 5.56 Å². The number of aryl methyl sites for hydroxylation is 1. The van der Waals surface area contributed by atoms with Gasteiger partial charge in [0.2, 0.25) is 0 Å². The number of benzene rings is 7. The van der Waals surface area contributed by atoms with Crippen molar-refractivity contribution in [3.05, 3.63) is 108 Å². The molecule has 0 aromatic heterocycles. The minimum atomic E-state index is -4.35. The lowest BCUT2D eigenvalue weighted by molar-refractivity contribution is -0.137. The largest absolute Gasteiger partial charge is 0.416 e. The molecule has 0 amide bonds. The van der Waals surface area contributed by atoms with Crippen LogP contribution in [0.5, 0.6) is 0 Å². The molecule has 0 unspecified atom stereocenters. The van der Waals surface area contributed by atoms with E-state index in [0.717, 1.165) is 32.3 Å². The lowest BCUT2D eigenvalue weighted by Gasteiger charge is -2.13. The van der Waals surface area contributed by atoms with Crippen molar-refractivity contribution in [3.8, 4) is 0 Å². The Kier molecular flexibility index (Phi) is 4.03. The Labute approximate surface area is 199 Å². The molecule has 0 nitrogen and oxygen atoms in total. The van der Waals surface area contributed by atoms with E-state index in [1.54, 1.807) is 12.1 Å². The number of rotatable bonds is 0. The summed E-state index contributed by atoms with van der Waals surface area (Å²) in [7, 11) is 0. The molecule has 7 rings (SSSR count). The Balaban J connectivity index is 1.51. The van der Waals surface area contributed by atoms with Gasteiger partial charge in [-0.2, -0.15) is 13.2 Å². The average Bonchev–Trinajstić information content (AvgIpc) is 2.85. The Morgan fingerprint density at radius 1 is 0.400 bits per heavy atom. The molecule has 0 aliphatic rings. The van der Waals surface area contributed by atoms with Crippen LogP contribution < -0.4 is 0 Å². The van der Waals surface area contributed by atoms with Crippen molar-refractivity contribution in [3.63, 3.8) is 0 Å². The molecule has 35 heavy (non-hydrogen) atoms. The van der Waals surface area contributed by atoms with Crippen LogP contribution in [0.3, 0.4) is 0 Å². The van der Waals surface area contributed by atoms with Crippen molar-refractivity contribution in [2.75, 3.05) is 0 Å². The smallest absolute Gasteiger partial charge is 0.166 e. The van der Waals surface area contributed by atoms with Crippen LogP contribution in [0, 0.1) is 6.92 Å². The minimum absolute atomic E-state index is 0.598.